The average Bonchev–Trinajstić information content (AvgIpc) is 3.38. The van der Waals surface area contributed by atoms with Gasteiger partial charge in [0.1, 0.15) is 17.9 Å². The van der Waals surface area contributed by atoms with Crippen molar-refractivity contribution in [1.29, 1.82) is 0 Å². The third-order valence-corrected chi connectivity index (χ3v) is 6.55. The average molecular weight is 539 g/mol. The summed E-state index contributed by atoms with van der Waals surface area (Å²) in [7, 11) is 1.60. The van der Waals surface area contributed by atoms with Gasteiger partial charge in [0.05, 0.1) is 5.69 Å². The molecule has 1 aliphatic heterocycles. The van der Waals surface area contributed by atoms with Crippen LogP contribution >= 0.6 is 0 Å². The molecule has 0 radical (unpaired) electrons. The van der Waals surface area contributed by atoms with Crippen molar-refractivity contribution in [2.75, 3.05) is 43.4 Å². The number of allylic oxidation sites excluding steroid dienone is 1. The molecule has 0 spiro atoms. The fourth-order valence-corrected chi connectivity index (χ4v) is 4.62. The number of benzene rings is 2. The molecular weight excluding hydrogens is 513 g/mol. The fraction of sp³-hybridized carbons (Fsp3) is 0.259. The lowest BCUT2D eigenvalue weighted by molar-refractivity contribution is -0.274. The highest BCUT2D eigenvalue weighted by Crippen LogP contribution is 2.35. The minimum Gasteiger partial charge on any atom is -0.406 e. The Kier molecular flexibility index (Phi) is 7.09. The Morgan fingerprint density at radius 1 is 1.00 bits per heavy atom. The van der Waals surface area contributed by atoms with Gasteiger partial charge in [-0.05, 0) is 53.6 Å². The molecule has 2 aromatic carbocycles. The number of anilines is 2. The summed E-state index contributed by atoms with van der Waals surface area (Å²) < 4.78 is 40.9. The molecule has 0 atom stereocenters. The summed E-state index contributed by atoms with van der Waals surface area (Å²) in [5.74, 6) is 0.281. The molecule has 9 nitrogen and oxygen atoms in total. The van der Waals surface area contributed by atoms with Gasteiger partial charge in [-0.25, -0.2) is 14.8 Å². The number of fused-ring (bicyclic) bond motifs is 1. The van der Waals surface area contributed by atoms with Gasteiger partial charge in [-0.1, -0.05) is 12.1 Å². The molecule has 0 bridgehead atoms. The highest BCUT2D eigenvalue weighted by molar-refractivity contribution is 5.97. The third kappa shape index (κ3) is 5.95. The number of carbonyl (C=O) groups is 2. The van der Waals surface area contributed by atoms with Gasteiger partial charge < -0.3 is 25.2 Å². The van der Waals surface area contributed by atoms with Crippen LogP contribution in [0.3, 0.4) is 0 Å². The van der Waals surface area contributed by atoms with Crippen LogP contribution in [0.15, 0.2) is 54.9 Å². The highest BCUT2D eigenvalue weighted by atomic mass is 19.4. The molecule has 1 saturated heterocycles. The molecule has 39 heavy (non-hydrogen) atoms. The summed E-state index contributed by atoms with van der Waals surface area (Å²) in [5, 5.41) is 5.35. The molecule has 3 aromatic rings. The standard InChI is InChI=1S/C27H25F3N6O3/c1-31-25(37)18-4-2-3-17(13-18)19-14-22-23(15-19)32-16-33-24(22)35-9-11-36(12-10-35)26(38)34-20-5-7-21(8-6-20)39-27(28,29)30/h2-8,13-14,16H,9-12,15H2,1H3,(H,31,37)(H,34,38). The summed E-state index contributed by atoms with van der Waals surface area (Å²) in [6.45, 7) is 1.96. The Hall–Kier alpha value is -4.61. The number of aromatic nitrogens is 2. The SMILES string of the molecule is CNC(=O)c1cccc(C2=Cc3c(ncnc3N3CCN(C(=O)Nc4ccc(OC(F)(F)F)cc4)CC3)C2)c1. The first kappa shape index (κ1) is 26.0. The first-order valence-corrected chi connectivity index (χ1v) is 12.2. The Morgan fingerprint density at radius 3 is 2.44 bits per heavy atom. The number of halogens is 3. The topological polar surface area (TPSA) is 99.7 Å². The maximum atomic E-state index is 12.7. The van der Waals surface area contributed by atoms with E-state index in [1.54, 1.807) is 18.0 Å². The van der Waals surface area contributed by atoms with Gasteiger partial charge in [0, 0.05) is 56.5 Å². The lowest BCUT2D eigenvalue weighted by atomic mass is 10.0. The van der Waals surface area contributed by atoms with Gasteiger partial charge in [-0.3, -0.25) is 4.79 Å². The Balaban J connectivity index is 1.23. The Labute approximate surface area is 222 Å². The molecule has 5 rings (SSSR count). The number of urea groups is 1. The van der Waals surface area contributed by atoms with Crippen LogP contribution in [0, 0.1) is 0 Å². The zero-order valence-electron chi connectivity index (χ0n) is 21.0. The van der Waals surface area contributed by atoms with Gasteiger partial charge in [0.25, 0.3) is 5.91 Å². The van der Waals surface area contributed by atoms with E-state index in [1.165, 1.54) is 18.5 Å². The van der Waals surface area contributed by atoms with Gasteiger partial charge in [0.15, 0.2) is 0 Å². The molecule has 2 aliphatic rings. The molecule has 202 valence electrons. The minimum atomic E-state index is -4.77. The molecule has 1 aliphatic carbocycles. The van der Waals surface area contributed by atoms with Crippen LogP contribution in [0.4, 0.5) is 29.5 Å². The molecule has 0 saturated carbocycles. The number of hydrogen-bond donors (Lipinski definition) is 2. The summed E-state index contributed by atoms with van der Waals surface area (Å²) in [6, 6.07) is 12.1. The van der Waals surface area contributed by atoms with E-state index in [2.05, 4.69) is 36.3 Å². The van der Waals surface area contributed by atoms with Crippen LogP contribution in [0.2, 0.25) is 0 Å². The quantitative estimate of drug-likeness (QED) is 0.506. The van der Waals surface area contributed by atoms with Crippen molar-refractivity contribution in [2.24, 2.45) is 0 Å². The predicted molar refractivity (Wildman–Crippen MR) is 139 cm³/mol. The van der Waals surface area contributed by atoms with Crippen LogP contribution in [0.5, 0.6) is 5.75 Å². The van der Waals surface area contributed by atoms with E-state index in [0.29, 0.717) is 43.9 Å². The normalized spacial score (nSPS) is 14.9. The van der Waals surface area contributed by atoms with Crippen LogP contribution in [-0.4, -0.2) is 66.4 Å². The second-order valence-corrected chi connectivity index (χ2v) is 9.04. The smallest absolute Gasteiger partial charge is 0.406 e. The summed E-state index contributed by atoms with van der Waals surface area (Å²) in [6.07, 6.45) is -0.559. The van der Waals surface area contributed by atoms with Crippen molar-refractivity contribution < 1.29 is 27.5 Å². The number of piperazine rings is 1. The number of carbonyl (C=O) groups excluding carboxylic acids is 2. The van der Waals surface area contributed by atoms with Crippen molar-refractivity contribution in [3.63, 3.8) is 0 Å². The third-order valence-electron chi connectivity index (χ3n) is 6.55. The van der Waals surface area contributed by atoms with Crippen LogP contribution < -0.4 is 20.3 Å². The van der Waals surface area contributed by atoms with E-state index in [-0.39, 0.29) is 17.7 Å². The van der Waals surface area contributed by atoms with Gasteiger partial charge in [-0.2, -0.15) is 0 Å². The molecule has 2 heterocycles. The van der Waals surface area contributed by atoms with E-state index in [9.17, 15) is 22.8 Å². The van der Waals surface area contributed by atoms with Crippen molar-refractivity contribution in [1.82, 2.24) is 20.2 Å². The van der Waals surface area contributed by atoms with E-state index in [0.717, 1.165) is 40.3 Å². The number of rotatable bonds is 5. The van der Waals surface area contributed by atoms with E-state index >= 15 is 0 Å². The molecule has 12 heteroatoms. The first-order chi connectivity index (χ1) is 18.7. The number of hydrogen-bond acceptors (Lipinski definition) is 6. The molecule has 0 unspecified atom stereocenters. The van der Waals surface area contributed by atoms with Gasteiger partial charge >= 0.3 is 12.4 Å². The minimum absolute atomic E-state index is 0.150. The predicted octanol–water partition coefficient (Wildman–Crippen LogP) is 4.19. The summed E-state index contributed by atoms with van der Waals surface area (Å²) in [4.78, 5) is 37.5. The second kappa shape index (κ2) is 10.6. The second-order valence-electron chi connectivity index (χ2n) is 9.04. The number of nitrogens with zero attached hydrogens (tertiary/aromatic N) is 4. The summed E-state index contributed by atoms with van der Waals surface area (Å²) >= 11 is 0. The van der Waals surface area contributed by atoms with Crippen LogP contribution in [0.25, 0.3) is 11.6 Å². The molecule has 1 aromatic heterocycles. The molecule has 2 N–H and O–H groups in total. The van der Waals surface area contributed by atoms with Crippen molar-refractivity contribution >= 4 is 35.1 Å². The zero-order valence-corrected chi connectivity index (χ0v) is 21.0. The maximum absolute atomic E-state index is 12.7. The Morgan fingerprint density at radius 2 is 1.74 bits per heavy atom. The fourth-order valence-electron chi connectivity index (χ4n) is 4.62. The first-order valence-electron chi connectivity index (χ1n) is 12.2. The van der Waals surface area contributed by atoms with Crippen molar-refractivity contribution in [3.05, 3.63) is 77.2 Å². The maximum Gasteiger partial charge on any atom is 0.573 e. The van der Waals surface area contributed by atoms with Crippen molar-refractivity contribution in [2.45, 2.75) is 12.8 Å². The van der Waals surface area contributed by atoms with E-state index < -0.39 is 6.36 Å². The Bertz CT molecular complexity index is 1420. The summed E-state index contributed by atoms with van der Waals surface area (Å²) in [5.41, 5.74) is 4.76. The number of amides is 3. The van der Waals surface area contributed by atoms with Crippen LogP contribution in [0.1, 0.15) is 27.2 Å². The monoisotopic (exact) mass is 538 g/mol. The van der Waals surface area contributed by atoms with Crippen LogP contribution in [-0.2, 0) is 6.42 Å². The van der Waals surface area contributed by atoms with Crippen molar-refractivity contribution in [3.8, 4) is 5.75 Å². The number of ether oxygens (including phenoxy) is 1. The molecule has 3 amide bonds. The molecular formula is C27H25F3N6O3. The lowest BCUT2D eigenvalue weighted by Crippen LogP contribution is -2.50. The van der Waals surface area contributed by atoms with E-state index in [1.807, 2.05) is 18.2 Å². The van der Waals surface area contributed by atoms with Gasteiger partial charge in [-0.15, -0.1) is 13.2 Å². The number of nitrogens with one attached hydrogen (secondary N) is 2. The number of alkyl halides is 3. The van der Waals surface area contributed by atoms with Gasteiger partial charge in [0.2, 0.25) is 0 Å². The highest BCUT2D eigenvalue weighted by Gasteiger charge is 2.31. The lowest BCUT2D eigenvalue weighted by Gasteiger charge is -2.35. The van der Waals surface area contributed by atoms with E-state index in [4.69, 9.17) is 0 Å². The largest absolute Gasteiger partial charge is 0.573 e. The molecule has 1 fully saturated rings. The zero-order chi connectivity index (χ0) is 27.6.